The van der Waals surface area contributed by atoms with E-state index in [1.54, 1.807) is 0 Å². The average molecular weight is 1270 g/mol. The zero-order valence-electron chi connectivity index (χ0n) is 54.2. The van der Waals surface area contributed by atoms with Crippen molar-refractivity contribution in [2.75, 3.05) is 0 Å². The van der Waals surface area contributed by atoms with Gasteiger partial charge in [-0.3, -0.25) is 0 Å². The molecule has 0 saturated heterocycles. The Morgan fingerprint density at radius 1 is 0.446 bits per heavy atom. The molecule has 6 nitrogen and oxygen atoms in total. The van der Waals surface area contributed by atoms with Crippen LogP contribution in [-0.2, 0) is 41.0 Å². The zero-order chi connectivity index (χ0) is 62.3. The molecule has 0 spiro atoms. The molecule has 13 aromatic rings. The second kappa shape index (κ2) is 20.0. The third kappa shape index (κ3) is 9.59. The average Bonchev–Trinajstić information content (AvgIpc) is 1.50. The first kappa shape index (κ1) is 48.2. The van der Waals surface area contributed by atoms with E-state index in [4.69, 9.17) is 15.5 Å². The van der Waals surface area contributed by atoms with E-state index in [0.717, 1.165) is 92.2 Å². The Balaban J connectivity index is 1.17. The Labute approximate surface area is 504 Å². The molecule has 0 radical (unpaired) electrons. The van der Waals surface area contributed by atoms with E-state index in [2.05, 4.69) is 243 Å². The minimum atomic E-state index is -0.449. The summed E-state index contributed by atoms with van der Waals surface area (Å²) in [6.45, 7) is 26.5. The van der Waals surface area contributed by atoms with Crippen molar-refractivity contribution in [2.45, 2.75) is 105 Å². The summed E-state index contributed by atoms with van der Waals surface area (Å²) >= 11 is 2.43. The van der Waals surface area contributed by atoms with Crippen LogP contribution in [0.2, 0.25) is 0 Å². The van der Waals surface area contributed by atoms with E-state index in [0.29, 0.717) is 39.4 Å². The van der Waals surface area contributed by atoms with Crippen LogP contribution in [0.5, 0.6) is 11.5 Å². The van der Waals surface area contributed by atoms with Crippen molar-refractivity contribution < 1.29 is 35.4 Å². The maximum absolute atomic E-state index is 9.75. The molecular weight excluding hydrogens is 1200 g/mol. The minimum absolute atomic E-state index is 0.0904. The van der Waals surface area contributed by atoms with Gasteiger partial charge in [-0.2, -0.15) is 0 Å². The summed E-state index contributed by atoms with van der Waals surface area (Å²) in [4.78, 5) is 4.95. The summed E-state index contributed by atoms with van der Waals surface area (Å²) in [6, 6.07) is 57.3. The van der Waals surface area contributed by atoms with Gasteiger partial charge in [-0.05, 0) is 17.0 Å². The predicted molar refractivity (Wildman–Crippen MR) is 343 cm³/mol. The molecule has 0 aliphatic carbocycles. The molecule has 9 aromatic carbocycles. The monoisotopic (exact) mass is 1270 g/mol. The van der Waals surface area contributed by atoms with Gasteiger partial charge in [0, 0.05) is 6.20 Å². The Morgan fingerprint density at radius 2 is 1.02 bits per heavy atom. The molecule has 0 aliphatic rings. The molecular formula is C76H70N4O2Pt. The molecule has 0 aliphatic heterocycles. The van der Waals surface area contributed by atoms with Gasteiger partial charge in [0.25, 0.3) is 0 Å². The number of para-hydroxylation sites is 3. The van der Waals surface area contributed by atoms with Crippen LogP contribution in [0, 0.1) is 3.80 Å². The number of hydrogen-bond donors (Lipinski definition) is 0. The van der Waals surface area contributed by atoms with Gasteiger partial charge in [0.2, 0.25) is 0 Å². The van der Waals surface area contributed by atoms with Crippen molar-refractivity contribution in [3.8, 4) is 56.4 Å². The van der Waals surface area contributed by atoms with Gasteiger partial charge in [0.15, 0.2) is 0 Å². The molecule has 416 valence electrons. The number of rotatable bonds is 7. The number of fused-ring (bicyclic) bond motifs is 7. The second-order valence-corrected chi connectivity index (χ2v) is 27.1. The van der Waals surface area contributed by atoms with Gasteiger partial charge >= 0.3 is 451 Å². The molecule has 4 aromatic heterocycles. The van der Waals surface area contributed by atoms with E-state index in [1.807, 2.05) is 48.7 Å². The van der Waals surface area contributed by atoms with Crippen molar-refractivity contribution >= 4 is 60.3 Å². The number of benzene rings is 9. The number of hydrogen-bond acceptors (Lipinski definition) is 3. The number of pyridine rings is 1. The topological polar surface area (TPSA) is 49.5 Å². The van der Waals surface area contributed by atoms with Crippen molar-refractivity contribution in [3.05, 3.63) is 232 Å². The third-order valence-electron chi connectivity index (χ3n) is 16.3. The molecule has 83 heavy (non-hydrogen) atoms. The van der Waals surface area contributed by atoms with Gasteiger partial charge < -0.3 is 0 Å². The van der Waals surface area contributed by atoms with Crippen LogP contribution in [0.25, 0.3) is 105 Å². The zero-order valence-corrected chi connectivity index (χ0v) is 51.4. The summed E-state index contributed by atoms with van der Waals surface area (Å²) in [5.74, 6) is 2.03. The summed E-state index contributed by atoms with van der Waals surface area (Å²) in [7, 11) is 0. The molecule has 0 atom stereocenters. The van der Waals surface area contributed by atoms with Crippen molar-refractivity contribution in [1.29, 1.82) is 0 Å². The fourth-order valence-electron chi connectivity index (χ4n) is 11.7. The summed E-state index contributed by atoms with van der Waals surface area (Å²) < 4.78 is 68.6. The summed E-state index contributed by atoms with van der Waals surface area (Å²) in [5.41, 5.74) is 14.1. The van der Waals surface area contributed by atoms with Gasteiger partial charge in [0.05, 0.1) is 0 Å². The quantitative estimate of drug-likeness (QED) is 0.160. The van der Waals surface area contributed by atoms with Crippen LogP contribution in [0.1, 0.15) is 112 Å². The first-order valence-corrected chi connectivity index (χ1v) is 29.6. The number of imidazole rings is 1. The second-order valence-electron chi connectivity index (χ2n) is 26.1. The van der Waals surface area contributed by atoms with Crippen molar-refractivity contribution in [2.24, 2.45) is 0 Å². The fraction of sp³-hybridized carbons (Fsp3) is 0.211. The first-order valence-electron chi connectivity index (χ1n) is 31.0. The Kier molecular flexibility index (Phi) is 11.6. The van der Waals surface area contributed by atoms with E-state index in [-0.39, 0.29) is 33.9 Å². The molecule has 13 rings (SSSR count). The van der Waals surface area contributed by atoms with Crippen LogP contribution in [0.15, 0.2) is 211 Å². The van der Waals surface area contributed by atoms with E-state index >= 15 is 0 Å². The molecule has 0 fully saturated rings. The Hall–Kier alpha value is -8.31. The summed E-state index contributed by atoms with van der Waals surface area (Å²) in [6.07, 6.45) is 1.89. The van der Waals surface area contributed by atoms with Crippen molar-refractivity contribution in [1.82, 2.24) is 18.5 Å². The molecule has 0 bridgehead atoms. The molecule has 0 unspecified atom stereocenters. The molecule has 0 amide bonds. The van der Waals surface area contributed by atoms with Crippen LogP contribution in [0.3, 0.4) is 0 Å². The van der Waals surface area contributed by atoms with Gasteiger partial charge in [-0.15, -0.1) is 0 Å². The Bertz CT molecular complexity index is 5080. The van der Waals surface area contributed by atoms with E-state index < -0.39 is 23.5 Å². The van der Waals surface area contributed by atoms with Crippen LogP contribution < -0.4 is 4.74 Å². The fourth-order valence-corrected chi connectivity index (χ4v) is 12.7. The van der Waals surface area contributed by atoms with Gasteiger partial charge in [-0.25, -0.2) is 0 Å². The summed E-state index contributed by atoms with van der Waals surface area (Å²) in [5, 5.41) is 3.98. The normalized spacial score (nSPS) is 13.5. The number of nitrogens with zero attached hydrogens (tertiary/aromatic N) is 4. The molecule has 4 heterocycles. The molecule has 7 heteroatoms. The van der Waals surface area contributed by atoms with Crippen LogP contribution >= 0.6 is 0 Å². The molecule has 0 N–H and O–H groups in total. The standard InChI is InChI=1S/C76H70N4O2.Pt/c1-73(2,3)51-37-38-77-69(44-51)80-64-31-20-19-27-58(64)59-35-33-55(45-66(59)80)81-56-34-36-68-67(46-56)79-47-78(65-32-22-29-60(71(65)79)61-30-21-28-57(72(61)82-68)48-23-15-13-16-24-48)70-62(49-25-17-14-18-26-49)42-54(76(10,11)12)43-63(70)50-39-52(74(4,5)6)41-53(40-50)75(7,8)9;/h13-46H,1-12H3;/i14D,17D,18D,25D,26D;. The molecule has 0 saturated carbocycles. The Morgan fingerprint density at radius 3 is 1.72 bits per heavy atom. The third-order valence-corrected chi connectivity index (χ3v) is 17.3. The van der Waals surface area contributed by atoms with Crippen molar-refractivity contribution in [3.63, 3.8) is 0 Å². The van der Waals surface area contributed by atoms with Gasteiger partial charge in [-0.1, -0.05) is 32.9 Å². The SMILES string of the molecule is [2H]c1c([2H])c([2H])c(-c2cc(C(C)(C)C)cc(-c3cc(C(C)(C)C)cc(C(C)(C)C)c3)c2-n2[c](=[Pt])n3c4cc(Oc5ccc6c7ccccc7n(-c7cc(C(C)(C)C)ccn7)c6c5)ccc4oc4c(-c5ccccc5)cccc4c4cccc2c43)c([2H])c1[2H]. The van der Waals surface area contributed by atoms with E-state index in [9.17, 15) is 5.48 Å². The first-order chi connectivity index (χ1) is 41.7. The number of ether oxygens (including phenoxy) is 1. The van der Waals surface area contributed by atoms with Crippen LogP contribution in [0.4, 0.5) is 0 Å². The van der Waals surface area contributed by atoms with Crippen LogP contribution in [-0.4, -0.2) is 18.5 Å². The predicted octanol–water partition coefficient (Wildman–Crippen LogP) is 20.9. The van der Waals surface area contributed by atoms with E-state index in [1.165, 1.54) is 5.56 Å². The maximum atomic E-state index is 9.75. The number of aromatic nitrogens is 4. The van der Waals surface area contributed by atoms with Gasteiger partial charge in [0.1, 0.15) is 0 Å².